The van der Waals surface area contributed by atoms with Crippen molar-refractivity contribution >= 4 is 0 Å². The molecule has 62 valence electrons. The van der Waals surface area contributed by atoms with Crippen molar-refractivity contribution in [1.29, 1.82) is 0 Å². The smallest absolute Gasteiger partial charge is 0.00464 e. The first-order valence-electron chi connectivity index (χ1n) is 3.78. The minimum absolute atomic E-state index is 0.711. The van der Waals surface area contributed by atoms with E-state index in [1.165, 1.54) is 11.1 Å². The molecule has 0 saturated heterocycles. The zero-order valence-electron chi connectivity index (χ0n) is 7.65. The first-order valence-corrected chi connectivity index (χ1v) is 3.78. The summed E-state index contributed by atoms with van der Waals surface area (Å²) < 4.78 is 0. The van der Waals surface area contributed by atoms with E-state index >= 15 is 0 Å². The molecule has 0 aromatic carbocycles. The van der Waals surface area contributed by atoms with Gasteiger partial charge in [-0.15, -0.1) is 0 Å². The van der Waals surface area contributed by atoms with Crippen molar-refractivity contribution < 1.29 is 0 Å². The SMILES string of the molecule is C=C(N)C/C=C\C(C)=C(C)C. The van der Waals surface area contributed by atoms with Crippen molar-refractivity contribution in [3.05, 3.63) is 35.6 Å². The summed E-state index contributed by atoms with van der Waals surface area (Å²) in [6.07, 6.45) is 4.88. The van der Waals surface area contributed by atoms with Crippen LogP contribution in [0.4, 0.5) is 0 Å². The van der Waals surface area contributed by atoms with Gasteiger partial charge < -0.3 is 5.73 Å². The molecule has 0 heterocycles. The molecule has 0 spiro atoms. The topological polar surface area (TPSA) is 26.0 Å². The highest BCUT2D eigenvalue weighted by atomic mass is 14.5. The minimum Gasteiger partial charge on any atom is -0.402 e. The van der Waals surface area contributed by atoms with E-state index in [2.05, 4.69) is 33.4 Å². The lowest BCUT2D eigenvalue weighted by atomic mass is 10.1. The van der Waals surface area contributed by atoms with Crippen molar-refractivity contribution in [2.45, 2.75) is 27.2 Å². The molecule has 11 heavy (non-hydrogen) atoms. The minimum atomic E-state index is 0.711. The molecule has 2 N–H and O–H groups in total. The molecule has 0 rings (SSSR count). The summed E-state index contributed by atoms with van der Waals surface area (Å²) in [7, 11) is 0. The molecule has 0 fully saturated rings. The first-order chi connectivity index (χ1) is 5.04. The zero-order chi connectivity index (χ0) is 8.85. The molecule has 0 aliphatic rings. The van der Waals surface area contributed by atoms with Crippen LogP contribution in [0.3, 0.4) is 0 Å². The van der Waals surface area contributed by atoms with Crippen LogP contribution in [0.25, 0.3) is 0 Å². The average Bonchev–Trinajstić information content (AvgIpc) is 1.86. The van der Waals surface area contributed by atoms with Crippen molar-refractivity contribution in [1.82, 2.24) is 0 Å². The highest BCUT2D eigenvalue weighted by molar-refractivity contribution is 5.21. The molecule has 0 atom stereocenters. The van der Waals surface area contributed by atoms with Gasteiger partial charge in [0, 0.05) is 12.1 Å². The Morgan fingerprint density at radius 3 is 2.27 bits per heavy atom. The van der Waals surface area contributed by atoms with Gasteiger partial charge in [0.1, 0.15) is 0 Å². The van der Waals surface area contributed by atoms with Gasteiger partial charge in [0.25, 0.3) is 0 Å². The quantitative estimate of drug-likeness (QED) is 0.617. The highest BCUT2D eigenvalue weighted by Gasteiger charge is 1.84. The van der Waals surface area contributed by atoms with Gasteiger partial charge in [0.05, 0.1) is 0 Å². The predicted octanol–water partition coefficient (Wildman–Crippen LogP) is 2.76. The lowest BCUT2D eigenvalue weighted by molar-refractivity contribution is 1.17. The lowest BCUT2D eigenvalue weighted by Gasteiger charge is -1.95. The summed E-state index contributed by atoms with van der Waals surface area (Å²) >= 11 is 0. The Bertz CT molecular complexity index is 193. The van der Waals surface area contributed by atoms with Crippen LogP contribution in [0.15, 0.2) is 35.6 Å². The second kappa shape index (κ2) is 4.78. The molecule has 0 saturated carbocycles. The maximum absolute atomic E-state index is 5.39. The molecule has 0 unspecified atom stereocenters. The van der Waals surface area contributed by atoms with Gasteiger partial charge in [-0.2, -0.15) is 0 Å². The standard InChI is InChI=1S/C10H17N/c1-8(2)9(3)6-5-7-10(4)11/h5-6H,4,7,11H2,1-3H3/b6-5-. The van der Waals surface area contributed by atoms with Crippen molar-refractivity contribution in [3.8, 4) is 0 Å². The Kier molecular flexibility index (Phi) is 4.35. The third-order valence-corrected chi connectivity index (χ3v) is 1.54. The van der Waals surface area contributed by atoms with Crippen LogP contribution < -0.4 is 5.73 Å². The molecular formula is C10H17N. The second-order valence-corrected chi connectivity index (χ2v) is 2.95. The molecule has 0 bridgehead atoms. The zero-order valence-corrected chi connectivity index (χ0v) is 7.65. The molecule has 1 nitrogen and oxygen atoms in total. The van der Waals surface area contributed by atoms with Crippen LogP contribution in [0.2, 0.25) is 0 Å². The first kappa shape index (κ1) is 10.0. The third-order valence-electron chi connectivity index (χ3n) is 1.54. The monoisotopic (exact) mass is 151 g/mol. The van der Waals surface area contributed by atoms with E-state index in [-0.39, 0.29) is 0 Å². The molecule has 0 aliphatic carbocycles. The lowest BCUT2D eigenvalue weighted by Crippen LogP contribution is -1.91. The Labute approximate surface area is 69.3 Å². The van der Waals surface area contributed by atoms with Gasteiger partial charge >= 0.3 is 0 Å². The molecule has 0 aliphatic heterocycles. The fraction of sp³-hybridized carbons (Fsp3) is 0.400. The van der Waals surface area contributed by atoms with E-state index in [1.54, 1.807) is 0 Å². The maximum Gasteiger partial charge on any atom is 0.00464 e. The number of nitrogens with two attached hydrogens (primary N) is 1. The van der Waals surface area contributed by atoms with E-state index < -0.39 is 0 Å². The summed E-state index contributed by atoms with van der Waals surface area (Å²) in [5.74, 6) is 0. The van der Waals surface area contributed by atoms with Gasteiger partial charge in [-0.25, -0.2) is 0 Å². The molecule has 1 heteroatoms. The van der Waals surface area contributed by atoms with Crippen LogP contribution >= 0.6 is 0 Å². The van der Waals surface area contributed by atoms with Gasteiger partial charge in [-0.1, -0.05) is 29.9 Å². The normalized spacial score (nSPS) is 10.1. The fourth-order valence-electron chi connectivity index (χ4n) is 0.554. The maximum atomic E-state index is 5.39. The Hall–Kier alpha value is -0.980. The third kappa shape index (κ3) is 5.46. The fourth-order valence-corrected chi connectivity index (χ4v) is 0.554. The Morgan fingerprint density at radius 1 is 1.36 bits per heavy atom. The molecule has 0 radical (unpaired) electrons. The van der Waals surface area contributed by atoms with Gasteiger partial charge in [-0.05, 0) is 20.8 Å². The van der Waals surface area contributed by atoms with Crippen LogP contribution in [0.1, 0.15) is 27.2 Å². The molecular weight excluding hydrogens is 134 g/mol. The number of allylic oxidation sites excluding steroid dienone is 4. The summed E-state index contributed by atoms with van der Waals surface area (Å²) in [4.78, 5) is 0. The number of hydrogen-bond donors (Lipinski definition) is 1. The van der Waals surface area contributed by atoms with Crippen LogP contribution in [-0.4, -0.2) is 0 Å². The van der Waals surface area contributed by atoms with Gasteiger partial charge in [-0.3, -0.25) is 0 Å². The highest BCUT2D eigenvalue weighted by Crippen LogP contribution is 2.04. The number of rotatable bonds is 3. The van der Waals surface area contributed by atoms with E-state index in [1.807, 2.05) is 6.08 Å². The molecule has 0 amide bonds. The average molecular weight is 151 g/mol. The van der Waals surface area contributed by atoms with Gasteiger partial charge in [0.15, 0.2) is 0 Å². The van der Waals surface area contributed by atoms with Crippen molar-refractivity contribution in [3.63, 3.8) is 0 Å². The summed E-state index contributed by atoms with van der Waals surface area (Å²) in [5, 5.41) is 0. The Balaban J connectivity index is 3.95. The summed E-state index contributed by atoms with van der Waals surface area (Å²) in [5.41, 5.74) is 8.74. The second-order valence-electron chi connectivity index (χ2n) is 2.95. The van der Waals surface area contributed by atoms with Crippen LogP contribution in [-0.2, 0) is 0 Å². The van der Waals surface area contributed by atoms with E-state index in [0.717, 1.165) is 6.42 Å². The van der Waals surface area contributed by atoms with Crippen LogP contribution in [0, 0.1) is 0 Å². The largest absolute Gasteiger partial charge is 0.402 e. The van der Waals surface area contributed by atoms with Gasteiger partial charge in [0.2, 0.25) is 0 Å². The van der Waals surface area contributed by atoms with Crippen molar-refractivity contribution in [2.75, 3.05) is 0 Å². The summed E-state index contributed by atoms with van der Waals surface area (Å²) in [6.45, 7) is 9.88. The predicted molar refractivity (Wildman–Crippen MR) is 51.1 cm³/mol. The molecule has 0 aromatic rings. The summed E-state index contributed by atoms with van der Waals surface area (Å²) in [6, 6.07) is 0. The van der Waals surface area contributed by atoms with E-state index in [9.17, 15) is 0 Å². The van der Waals surface area contributed by atoms with E-state index in [0.29, 0.717) is 5.70 Å². The van der Waals surface area contributed by atoms with E-state index in [4.69, 9.17) is 5.73 Å². The Morgan fingerprint density at radius 2 is 1.91 bits per heavy atom. The molecule has 0 aromatic heterocycles. The van der Waals surface area contributed by atoms with Crippen LogP contribution in [0.5, 0.6) is 0 Å². The number of hydrogen-bond acceptors (Lipinski definition) is 1. The van der Waals surface area contributed by atoms with Crippen molar-refractivity contribution in [2.24, 2.45) is 5.73 Å².